The number of hydrogen-bond acceptors (Lipinski definition) is 2. The van der Waals surface area contributed by atoms with Crippen LogP contribution in [0.5, 0.6) is 0 Å². The van der Waals surface area contributed by atoms with Crippen molar-refractivity contribution in [3.63, 3.8) is 0 Å². The standard InChI is InChI=1S/C17H24ClN3/c1-4-19-16(17-15(18)12-20-21(17)5-2)10-9-14-8-6-7-13(3)11-14/h6-8,11-12,16,19H,4-5,9-10H2,1-3H3. The maximum atomic E-state index is 6.34. The molecule has 1 N–H and O–H groups in total. The summed E-state index contributed by atoms with van der Waals surface area (Å²) >= 11 is 6.34. The number of nitrogens with zero attached hydrogens (tertiary/aromatic N) is 2. The summed E-state index contributed by atoms with van der Waals surface area (Å²) < 4.78 is 1.99. The van der Waals surface area contributed by atoms with Gasteiger partial charge >= 0.3 is 0 Å². The normalized spacial score (nSPS) is 12.6. The molecule has 21 heavy (non-hydrogen) atoms. The number of aromatic nitrogens is 2. The van der Waals surface area contributed by atoms with E-state index < -0.39 is 0 Å². The third-order valence-corrected chi connectivity index (χ3v) is 4.01. The summed E-state index contributed by atoms with van der Waals surface area (Å²) in [5.74, 6) is 0. The molecule has 114 valence electrons. The number of aryl methyl sites for hydroxylation is 3. The summed E-state index contributed by atoms with van der Waals surface area (Å²) in [6.45, 7) is 8.11. The van der Waals surface area contributed by atoms with Gasteiger partial charge in [-0.05, 0) is 38.8 Å². The van der Waals surface area contributed by atoms with Crippen molar-refractivity contribution in [1.82, 2.24) is 15.1 Å². The minimum Gasteiger partial charge on any atom is -0.309 e. The quantitative estimate of drug-likeness (QED) is 0.833. The Kier molecular flexibility index (Phi) is 5.83. The summed E-state index contributed by atoms with van der Waals surface area (Å²) in [6.07, 6.45) is 3.80. The maximum absolute atomic E-state index is 6.34. The number of rotatable bonds is 7. The molecule has 0 spiro atoms. The minimum absolute atomic E-state index is 0.241. The van der Waals surface area contributed by atoms with E-state index in [-0.39, 0.29) is 6.04 Å². The summed E-state index contributed by atoms with van der Waals surface area (Å²) in [6, 6.07) is 8.94. The molecule has 1 heterocycles. The SMILES string of the molecule is CCNC(CCc1cccc(C)c1)c1c(Cl)cnn1CC. The van der Waals surface area contributed by atoms with Gasteiger partial charge in [-0.1, -0.05) is 48.4 Å². The lowest BCUT2D eigenvalue weighted by molar-refractivity contribution is 0.467. The Hall–Kier alpha value is -1.32. The number of benzene rings is 1. The van der Waals surface area contributed by atoms with Crippen molar-refractivity contribution in [2.24, 2.45) is 0 Å². The lowest BCUT2D eigenvalue weighted by atomic mass is 10.0. The first kappa shape index (κ1) is 16.1. The Morgan fingerprint density at radius 2 is 2.14 bits per heavy atom. The Bertz CT molecular complexity index is 577. The van der Waals surface area contributed by atoms with Gasteiger partial charge in [0.05, 0.1) is 23.0 Å². The van der Waals surface area contributed by atoms with Crippen LogP contribution in [0.25, 0.3) is 0 Å². The highest BCUT2D eigenvalue weighted by molar-refractivity contribution is 6.31. The lowest BCUT2D eigenvalue weighted by Crippen LogP contribution is -2.24. The van der Waals surface area contributed by atoms with Crippen LogP contribution in [0.15, 0.2) is 30.5 Å². The van der Waals surface area contributed by atoms with Gasteiger partial charge in [0.2, 0.25) is 0 Å². The van der Waals surface area contributed by atoms with Crippen molar-refractivity contribution in [2.75, 3.05) is 6.54 Å². The Morgan fingerprint density at radius 3 is 2.81 bits per heavy atom. The Morgan fingerprint density at radius 1 is 1.33 bits per heavy atom. The molecule has 0 saturated heterocycles. The van der Waals surface area contributed by atoms with Crippen molar-refractivity contribution >= 4 is 11.6 Å². The molecule has 0 saturated carbocycles. The number of halogens is 1. The van der Waals surface area contributed by atoms with Gasteiger partial charge in [0.15, 0.2) is 0 Å². The molecule has 3 nitrogen and oxygen atoms in total. The van der Waals surface area contributed by atoms with E-state index in [1.807, 2.05) is 4.68 Å². The molecule has 1 aromatic carbocycles. The molecule has 0 aliphatic rings. The van der Waals surface area contributed by atoms with Crippen LogP contribution < -0.4 is 5.32 Å². The zero-order valence-corrected chi connectivity index (χ0v) is 13.8. The van der Waals surface area contributed by atoms with Crippen molar-refractivity contribution in [1.29, 1.82) is 0 Å². The topological polar surface area (TPSA) is 29.9 Å². The van der Waals surface area contributed by atoms with Crippen LogP contribution in [0.4, 0.5) is 0 Å². The predicted molar refractivity (Wildman–Crippen MR) is 88.8 cm³/mol. The highest BCUT2D eigenvalue weighted by Gasteiger charge is 2.19. The Labute approximate surface area is 132 Å². The summed E-state index contributed by atoms with van der Waals surface area (Å²) in [4.78, 5) is 0. The van der Waals surface area contributed by atoms with Crippen LogP contribution in [-0.4, -0.2) is 16.3 Å². The smallest absolute Gasteiger partial charge is 0.0834 e. The Balaban J connectivity index is 2.14. The fourth-order valence-electron chi connectivity index (χ4n) is 2.73. The van der Waals surface area contributed by atoms with Crippen LogP contribution in [0.2, 0.25) is 5.02 Å². The first-order valence-electron chi connectivity index (χ1n) is 7.65. The average molecular weight is 306 g/mol. The molecule has 4 heteroatoms. The summed E-state index contributed by atoms with van der Waals surface area (Å²) in [5, 5.41) is 8.65. The van der Waals surface area contributed by atoms with E-state index in [1.165, 1.54) is 11.1 Å². The molecule has 0 aliphatic heterocycles. The molecule has 2 aromatic rings. The summed E-state index contributed by atoms with van der Waals surface area (Å²) in [7, 11) is 0. The van der Waals surface area contributed by atoms with Gasteiger partial charge in [0.25, 0.3) is 0 Å². The van der Waals surface area contributed by atoms with Gasteiger partial charge in [0.1, 0.15) is 0 Å². The van der Waals surface area contributed by atoms with E-state index in [4.69, 9.17) is 11.6 Å². The van der Waals surface area contributed by atoms with Gasteiger partial charge in [0, 0.05) is 6.54 Å². The van der Waals surface area contributed by atoms with Crippen molar-refractivity contribution in [2.45, 2.75) is 46.2 Å². The zero-order chi connectivity index (χ0) is 15.2. The molecule has 0 radical (unpaired) electrons. The van der Waals surface area contributed by atoms with E-state index in [2.05, 4.69) is 55.5 Å². The molecule has 1 atom stereocenters. The first-order chi connectivity index (χ1) is 10.2. The molecular weight excluding hydrogens is 282 g/mol. The maximum Gasteiger partial charge on any atom is 0.0834 e. The fourth-order valence-corrected chi connectivity index (χ4v) is 3.00. The number of hydrogen-bond donors (Lipinski definition) is 1. The second-order valence-electron chi connectivity index (χ2n) is 5.33. The summed E-state index contributed by atoms with van der Waals surface area (Å²) in [5.41, 5.74) is 3.79. The molecule has 1 aromatic heterocycles. The van der Waals surface area contributed by atoms with Crippen molar-refractivity contribution in [3.05, 3.63) is 52.3 Å². The monoisotopic (exact) mass is 305 g/mol. The number of nitrogens with one attached hydrogen (secondary N) is 1. The van der Waals surface area contributed by atoms with Crippen molar-refractivity contribution < 1.29 is 0 Å². The molecule has 1 unspecified atom stereocenters. The van der Waals surface area contributed by atoms with Crippen LogP contribution in [0, 0.1) is 6.92 Å². The van der Waals surface area contributed by atoms with E-state index in [9.17, 15) is 0 Å². The fraction of sp³-hybridized carbons (Fsp3) is 0.471. The van der Waals surface area contributed by atoms with Crippen LogP contribution in [0.3, 0.4) is 0 Å². The third kappa shape index (κ3) is 4.08. The third-order valence-electron chi connectivity index (χ3n) is 3.72. The van der Waals surface area contributed by atoms with Crippen LogP contribution >= 0.6 is 11.6 Å². The minimum atomic E-state index is 0.241. The van der Waals surface area contributed by atoms with Crippen LogP contribution in [-0.2, 0) is 13.0 Å². The predicted octanol–water partition coefficient (Wildman–Crippen LogP) is 4.15. The lowest BCUT2D eigenvalue weighted by Gasteiger charge is -2.20. The highest BCUT2D eigenvalue weighted by Crippen LogP contribution is 2.26. The molecular formula is C17H24ClN3. The second-order valence-corrected chi connectivity index (χ2v) is 5.74. The van der Waals surface area contributed by atoms with E-state index in [1.54, 1.807) is 6.20 Å². The zero-order valence-electron chi connectivity index (χ0n) is 13.1. The van der Waals surface area contributed by atoms with Gasteiger partial charge in [-0.15, -0.1) is 0 Å². The molecule has 2 rings (SSSR count). The van der Waals surface area contributed by atoms with Crippen molar-refractivity contribution in [3.8, 4) is 0 Å². The van der Waals surface area contributed by atoms with E-state index in [0.29, 0.717) is 0 Å². The van der Waals surface area contributed by atoms with E-state index >= 15 is 0 Å². The van der Waals surface area contributed by atoms with Gasteiger partial charge in [-0.3, -0.25) is 4.68 Å². The molecule has 0 fully saturated rings. The van der Waals surface area contributed by atoms with Gasteiger partial charge < -0.3 is 5.32 Å². The molecule has 0 amide bonds. The molecule has 0 bridgehead atoms. The first-order valence-corrected chi connectivity index (χ1v) is 8.03. The van der Waals surface area contributed by atoms with Crippen LogP contribution in [0.1, 0.15) is 43.1 Å². The van der Waals surface area contributed by atoms with Gasteiger partial charge in [-0.25, -0.2) is 0 Å². The second kappa shape index (κ2) is 7.62. The molecule has 0 aliphatic carbocycles. The van der Waals surface area contributed by atoms with Gasteiger partial charge in [-0.2, -0.15) is 5.10 Å². The van der Waals surface area contributed by atoms with E-state index in [0.717, 1.165) is 36.6 Å². The largest absolute Gasteiger partial charge is 0.309 e. The highest BCUT2D eigenvalue weighted by atomic mass is 35.5. The average Bonchev–Trinajstić information content (AvgIpc) is 2.84.